The van der Waals surface area contributed by atoms with Gasteiger partial charge in [0.2, 0.25) is 12.1 Å². The molecule has 4 heterocycles. The molecule has 5 rings (SSSR count). The molecule has 1 aliphatic carbocycles. The van der Waals surface area contributed by atoms with Crippen LogP contribution >= 0.6 is 0 Å². The summed E-state index contributed by atoms with van der Waals surface area (Å²) >= 11 is 0. The molecule has 21 heavy (non-hydrogen) atoms. The highest BCUT2D eigenvalue weighted by atomic mass is 17.3. The Labute approximate surface area is 123 Å². The first-order chi connectivity index (χ1) is 9.88. The molecule has 0 aromatic rings. The van der Waals surface area contributed by atoms with Crippen molar-refractivity contribution in [2.45, 2.75) is 63.8 Å². The van der Waals surface area contributed by atoms with Gasteiger partial charge in [-0.25, -0.2) is 4.89 Å². The third kappa shape index (κ3) is 1.59. The quantitative estimate of drug-likeness (QED) is 0.538. The summed E-state index contributed by atoms with van der Waals surface area (Å²) in [7, 11) is 0. The standard InChI is InChI=1S/C15H22O6/c1-7-4-5-9-8(2)12(17)18-13-15(9)10(7)6-11(16)14(3,19-13)20-21-15/h7-11,13,16H,4-6H2,1-3H3/t7-,8-,9?,10?,11+,13?,14+,15+/m1/s1. The molecular formula is C15H22O6. The van der Waals surface area contributed by atoms with Gasteiger partial charge < -0.3 is 14.6 Å². The summed E-state index contributed by atoms with van der Waals surface area (Å²) in [4.78, 5) is 23.5. The Kier molecular flexibility index (Phi) is 2.78. The van der Waals surface area contributed by atoms with Gasteiger partial charge in [0.25, 0.3) is 0 Å². The maximum atomic E-state index is 12.1. The van der Waals surface area contributed by atoms with E-state index in [0.717, 1.165) is 12.8 Å². The lowest BCUT2D eigenvalue weighted by molar-refractivity contribution is -0.565. The summed E-state index contributed by atoms with van der Waals surface area (Å²) in [5.74, 6) is -1.37. The third-order valence-corrected chi connectivity index (χ3v) is 6.12. The average Bonchev–Trinajstić information content (AvgIpc) is 2.61. The number of aliphatic hydroxyl groups excluding tert-OH is 1. The van der Waals surface area contributed by atoms with Crippen molar-refractivity contribution in [2.24, 2.45) is 23.7 Å². The summed E-state index contributed by atoms with van der Waals surface area (Å²) in [5.41, 5.74) is -0.790. The molecule has 5 aliphatic rings. The zero-order valence-corrected chi connectivity index (χ0v) is 12.6. The molecule has 6 heteroatoms. The number of esters is 1. The minimum Gasteiger partial charge on any atom is -0.432 e. The van der Waals surface area contributed by atoms with Crippen LogP contribution in [0.5, 0.6) is 0 Å². The summed E-state index contributed by atoms with van der Waals surface area (Å²) in [6.45, 7) is 5.67. The second kappa shape index (κ2) is 4.19. The van der Waals surface area contributed by atoms with Crippen LogP contribution < -0.4 is 0 Å². The molecule has 0 aromatic heterocycles. The number of hydrogen-bond acceptors (Lipinski definition) is 6. The highest BCUT2D eigenvalue weighted by Crippen LogP contribution is 2.59. The van der Waals surface area contributed by atoms with Crippen LogP contribution in [-0.4, -0.2) is 34.9 Å². The molecule has 6 nitrogen and oxygen atoms in total. The van der Waals surface area contributed by atoms with Crippen LogP contribution in [0, 0.1) is 23.7 Å². The van der Waals surface area contributed by atoms with Gasteiger partial charge in [-0.1, -0.05) is 13.8 Å². The van der Waals surface area contributed by atoms with E-state index >= 15 is 0 Å². The van der Waals surface area contributed by atoms with Gasteiger partial charge in [0.05, 0.1) is 5.92 Å². The number of rotatable bonds is 0. The molecule has 4 aliphatic heterocycles. The van der Waals surface area contributed by atoms with E-state index in [4.69, 9.17) is 19.2 Å². The Morgan fingerprint density at radius 2 is 1.95 bits per heavy atom. The molecular weight excluding hydrogens is 276 g/mol. The van der Waals surface area contributed by atoms with Crippen molar-refractivity contribution in [3.05, 3.63) is 0 Å². The van der Waals surface area contributed by atoms with Gasteiger partial charge in [0, 0.05) is 11.8 Å². The first-order valence-corrected chi connectivity index (χ1v) is 7.81. The van der Waals surface area contributed by atoms with Crippen LogP contribution in [0.4, 0.5) is 0 Å². The molecule has 118 valence electrons. The number of ether oxygens (including phenoxy) is 2. The molecule has 1 N–H and O–H groups in total. The average molecular weight is 298 g/mol. The minimum atomic E-state index is -1.28. The molecule has 0 aromatic carbocycles. The Morgan fingerprint density at radius 1 is 1.19 bits per heavy atom. The molecule has 1 spiro atoms. The molecule has 2 bridgehead atoms. The second-order valence-electron chi connectivity index (χ2n) is 7.23. The molecule has 3 unspecified atom stereocenters. The second-order valence-corrected chi connectivity index (χ2v) is 7.23. The number of aliphatic hydroxyl groups is 1. The molecule has 8 atom stereocenters. The Morgan fingerprint density at radius 3 is 2.71 bits per heavy atom. The van der Waals surface area contributed by atoms with E-state index in [0.29, 0.717) is 12.3 Å². The van der Waals surface area contributed by atoms with Gasteiger partial charge in [-0.15, -0.1) is 0 Å². The zero-order chi connectivity index (χ0) is 15.0. The predicted octanol–water partition coefficient (Wildman–Crippen LogP) is 1.37. The van der Waals surface area contributed by atoms with Gasteiger partial charge >= 0.3 is 5.97 Å². The maximum absolute atomic E-state index is 12.1. The summed E-state index contributed by atoms with van der Waals surface area (Å²) in [5, 5.41) is 10.5. The Bertz CT molecular complexity index is 481. The van der Waals surface area contributed by atoms with E-state index in [2.05, 4.69) is 6.92 Å². The fourth-order valence-corrected chi connectivity index (χ4v) is 4.72. The van der Waals surface area contributed by atoms with Crippen LogP contribution in [0.1, 0.15) is 40.0 Å². The maximum Gasteiger partial charge on any atom is 0.311 e. The van der Waals surface area contributed by atoms with Gasteiger partial charge in [0.1, 0.15) is 6.10 Å². The fourth-order valence-electron chi connectivity index (χ4n) is 4.72. The number of hydrogen-bond donors (Lipinski definition) is 1. The molecule has 5 fully saturated rings. The van der Waals surface area contributed by atoms with Crippen molar-refractivity contribution in [3.63, 3.8) is 0 Å². The first kappa shape index (κ1) is 13.9. The van der Waals surface area contributed by atoms with E-state index in [9.17, 15) is 9.90 Å². The van der Waals surface area contributed by atoms with Crippen LogP contribution in [0.25, 0.3) is 0 Å². The van der Waals surface area contributed by atoms with Crippen molar-refractivity contribution in [1.29, 1.82) is 0 Å². The number of carbonyl (C=O) groups is 1. The van der Waals surface area contributed by atoms with Crippen LogP contribution in [0.2, 0.25) is 0 Å². The van der Waals surface area contributed by atoms with Gasteiger partial charge in [0.15, 0.2) is 5.60 Å². The van der Waals surface area contributed by atoms with Crippen molar-refractivity contribution in [2.75, 3.05) is 0 Å². The lowest BCUT2D eigenvalue weighted by Gasteiger charge is -2.57. The molecule has 0 radical (unpaired) electrons. The first-order valence-electron chi connectivity index (χ1n) is 7.81. The van der Waals surface area contributed by atoms with E-state index < -0.39 is 23.8 Å². The van der Waals surface area contributed by atoms with E-state index in [-0.39, 0.29) is 23.7 Å². The Hall–Kier alpha value is -0.690. The lowest BCUT2D eigenvalue weighted by atomic mass is 9.58. The normalized spacial score (nSPS) is 59.1. The van der Waals surface area contributed by atoms with Crippen LogP contribution in [-0.2, 0) is 24.0 Å². The molecule has 1 saturated carbocycles. The number of carbonyl (C=O) groups excluding carboxylic acids is 1. The smallest absolute Gasteiger partial charge is 0.311 e. The van der Waals surface area contributed by atoms with Crippen molar-refractivity contribution >= 4 is 5.97 Å². The van der Waals surface area contributed by atoms with E-state index in [1.807, 2.05) is 6.92 Å². The van der Waals surface area contributed by atoms with E-state index in [1.54, 1.807) is 6.92 Å². The van der Waals surface area contributed by atoms with Crippen LogP contribution in [0.3, 0.4) is 0 Å². The number of fused-ring (bicyclic) bond motifs is 2. The Balaban J connectivity index is 1.85. The highest BCUT2D eigenvalue weighted by molar-refractivity contribution is 5.74. The van der Waals surface area contributed by atoms with Crippen molar-refractivity contribution in [3.8, 4) is 0 Å². The molecule has 0 amide bonds. The predicted molar refractivity (Wildman–Crippen MR) is 69.4 cm³/mol. The largest absolute Gasteiger partial charge is 0.432 e. The topological polar surface area (TPSA) is 74.2 Å². The minimum absolute atomic E-state index is 0.000185. The summed E-state index contributed by atoms with van der Waals surface area (Å²) < 4.78 is 11.4. The van der Waals surface area contributed by atoms with Gasteiger partial charge in [-0.3, -0.25) is 4.79 Å². The van der Waals surface area contributed by atoms with Crippen molar-refractivity contribution < 1.29 is 29.1 Å². The fraction of sp³-hybridized carbons (Fsp3) is 0.933. The summed E-state index contributed by atoms with van der Waals surface area (Å²) in [6.07, 6.45) is 0.824. The van der Waals surface area contributed by atoms with E-state index in [1.165, 1.54) is 0 Å². The monoisotopic (exact) mass is 298 g/mol. The highest BCUT2D eigenvalue weighted by Gasteiger charge is 2.71. The SMILES string of the molecule is C[C@@H]1CCC2[C@@H](C)C(=O)OC3O[C@@]4(C)OO[C@@]32C1C[C@@H]4O. The van der Waals surface area contributed by atoms with Crippen molar-refractivity contribution in [1.82, 2.24) is 0 Å². The van der Waals surface area contributed by atoms with Gasteiger partial charge in [-0.2, -0.15) is 4.89 Å². The lowest BCUT2D eigenvalue weighted by Crippen LogP contribution is -2.69. The third-order valence-electron chi connectivity index (χ3n) is 6.12. The van der Waals surface area contributed by atoms with Crippen LogP contribution in [0.15, 0.2) is 0 Å². The summed E-state index contributed by atoms with van der Waals surface area (Å²) in [6, 6.07) is 0. The zero-order valence-electron chi connectivity index (χ0n) is 12.6. The molecule has 4 saturated heterocycles. The van der Waals surface area contributed by atoms with Gasteiger partial charge in [-0.05, 0) is 32.1 Å².